The Morgan fingerprint density at radius 3 is 2.47 bits per heavy atom. The maximum atomic E-state index is 12.9. The molecule has 0 bridgehead atoms. The number of carbonyl (C=O) groups excluding carboxylic acids is 2. The van der Waals surface area contributed by atoms with Gasteiger partial charge in [-0.15, -0.1) is 0 Å². The smallest absolute Gasteiger partial charge is 0.306 e. The first-order valence-corrected chi connectivity index (χ1v) is 15.8. The first-order chi connectivity index (χ1) is 20.6. The van der Waals surface area contributed by atoms with Crippen LogP contribution in [-0.2, 0) is 20.9 Å². The molecule has 1 amide bonds. The molecule has 1 aromatic heterocycles. The molecule has 2 aliphatic heterocycles. The van der Waals surface area contributed by atoms with E-state index in [1.165, 1.54) is 18.5 Å². The molecule has 5 rings (SSSR count). The van der Waals surface area contributed by atoms with Crippen LogP contribution < -0.4 is 20.9 Å². The van der Waals surface area contributed by atoms with Gasteiger partial charge in [-0.25, -0.2) is 4.98 Å². The van der Waals surface area contributed by atoms with E-state index in [0.717, 1.165) is 61.4 Å². The fourth-order valence-corrected chi connectivity index (χ4v) is 6.01. The number of imidazole rings is 1. The average molecular weight is 587 g/mol. The lowest BCUT2D eigenvalue weighted by Gasteiger charge is -2.28. The molecule has 2 unspecified atom stereocenters. The van der Waals surface area contributed by atoms with Gasteiger partial charge in [0.2, 0.25) is 0 Å². The summed E-state index contributed by atoms with van der Waals surface area (Å²) in [5.74, 6) is 0.328. The van der Waals surface area contributed by atoms with E-state index in [4.69, 9.17) is 14.7 Å². The van der Waals surface area contributed by atoms with E-state index in [2.05, 4.69) is 76.0 Å². The molecule has 1 aromatic carbocycles. The summed E-state index contributed by atoms with van der Waals surface area (Å²) in [6.07, 6.45) is 11.2. The van der Waals surface area contributed by atoms with Gasteiger partial charge >= 0.3 is 5.97 Å². The highest BCUT2D eigenvalue weighted by Crippen LogP contribution is 2.18. The second-order valence-electron chi connectivity index (χ2n) is 12.5. The summed E-state index contributed by atoms with van der Waals surface area (Å²) in [4.78, 5) is 39.8. The van der Waals surface area contributed by atoms with Crippen LogP contribution in [0.3, 0.4) is 0 Å². The van der Waals surface area contributed by atoms with Crippen molar-refractivity contribution in [2.45, 2.75) is 84.5 Å². The molecular formula is C34H46N6O3. The minimum atomic E-state index is -0.560. The number of likely N-dealkylation sites (tertiary alicyclic amines) is 1. The van der Waals surface area contributed by atoms with Crippen molar-refractivity contribution in [3.05, 3.63) is 46.4 Å². The predicted octanol–water partition coefficient (Wildman–Crippen LogP) is 3.00. The fraction of sp³-hybridized carbons (Fsp3) is 0.529. The van der Waals surface area contributed by atoms with E-state index < -0.39 is 5.60 Å². The van der Waals surface area contributed by atoms with Crippen LogP contribution in [0.5, 0.6) is 0 Å². The Labute approximate surface area is 255 Å². The molecule has 2 aromatic rings. The van der Waals surface area contributed by atoms with Gasteiger partial charge in [0.15, 0.2) is 0 Å². The Bertz CT molecular complexity index is 1490. The first kappa shape index (κ1) is 30.7. The molecule has 0 radical (unpaired) electrons. The molecule has 9 nitrogen and oxygen atoms in total. The molecule has 9 heteroatoms. The number of ether oxygens (including phenoxy) is 1. The minimum absolute atomic E-state index is 0.120. The van der Waals surface area contributed by atoms with Crippen molar-refractivity contribution >= 4 is 47.6 Å². The predicted molar refractivity (Wildman–Crippen MR) is 173 cm³/mol. The van der Waals surface area contributed by atoms with E-state index >= 15 is 0 Å². The van der Waals surface area contributed by atoms with Gasteiger partial charge in [-0.3, -0.25) is 14.6 Å². The van der Waals surface area contributed by atoms with Gasteiger partial charge in [0.05, 0.1) is 29.2 Å². The zero-order valence-electron chi connectivity index (χ0n) is 26.3. The Morgan fingerprint density at radius 2 is 1.79 bits per heavy atom. The highest BCUT2D eigenvalue weighted by atomic mass is 16.6. The number of esters is 1. The number of benzene rings is 1. The minimum Gasteiger partial charge on any atom is -0.460 e. The van der Waals surface area contributed by atoms with Gasteiger partial charge in [-0.1, -0.05) is 18.2 Å². The van der Waals surface area contributed by atoms with Crippen LogP contribution in [0.4, 0.5) is 5.69 Å². The molecule has 0 saturated carbocycles. The van der Waals surface area contributed by atoms with Crippen molar-refractivity contribution in [2.75, 3.05) is 37.6 Å². The van der Waals surface area contributed by atoms with Crippen molar-refractivity contribution in [3.63, 3.8) is 0 Å². The van der Waals surface area contributed by atoms with Crippen molar-refractivity contribution in [2.24, 2.45) is 4.99 Å². The van der Waals surface area contributed by atoms with Crippen LogP contribution in [-0.4, -0.2) is 82.4 Å². The lowest BCUT2D eigenvalue weighted by atomic mass is 9.99. The second-order valence-corrected chi connectivity index (χ2v) is 12.5. The normalized spacial score (nSPS) is 20.1. The van der Waals surface area contributed by atoms with Crippen LogP contribution in [0, 0.1) is 0 Å². The third-order valence-electron chi connectivity index (χ3n) is 8.23. The highest BCUT2D eigenvalue weighted by molar-refractivity contribution is 6.40. The zero-order chi connectivity index (χ0) is 30.6. The summed E-state index contributed by atoms with van der Waals surface area (Å²) >= 11 is 0. The molecular weight excluding hydrogens is 540 g/mol. The topological polar surface area (TPSA) is 92.1 Å². The molecule has 2 atom stereocenters. The molecule has 1 saturated heterocycles. The standard InChI is InChI=1S/C34H46N6O3/c1-6-39(7-2)25-13-10-24(11-14-25)12-16-31-36-29-22-27-28(23-30(29)40(31)21-20-38-18-8-9-19-38)35-26(33(42)37-27)15-17-32(41)43-34(3,4)5/h10-14,16,22-23,27-28H,6-9,15,17-21H2,1-5H3,(H,37,42)/b16-12+. The van der Waals surface area contributed by atoms with E-state index in [0.29, 0.717) is 5.71 Å². The van der Waals surface area contributed by atoms with Crippen molar-refractivity contribution < 1.29 is 14.3 Å². The van der Waals surface area contributed by atoms with E-state index in [1.54, 1.807) is 0 Å². The molecule has 1 aliphatic carbocycles. The SMILES string of the molecule is CCN(CC)c1ccc(/C=C/c2nc3c(n2CCN2CCCC2)=CC2N=C(CCC(=O)OC(C)(C)C)C(=O)NC2C=3)cc1. The summed E-state index contributed by atoms with van der Waals surface area (Å²) in [5, 5.41) is 4.98. The largest absolute Gasteiger partial charge is 0.460 e. The van der Waals surface area contributed by atoms with E-state index in [1.807, 2.05) is 26.8 Å². The Kier molecular flexibility index (Phi) is 9.49. The van der Waals surface area contributed by atoms with Gasteiger partial charge < -0.3 is 24.4 Å². The number of nitrogens with one attached hydrogen (secondary N) is 1. The highest BCUT2D eigenvalue weighted by Gasteiger charge is 2.31. The summed E-state index contributed by atoms with van der Waals surface area (Å²) < 4.78 is 7.71. The fourth-order valence-electron chi connectivity index (χ4n) is 6.01. The molecule has 3 heterocycles. The van der Waals surface area contributed by atoms with Crippen LogP contribution in [0.25, 0.3) is 24.3 Å². The number of aromatic nitrogens is 2. The zero-order valence-corrected chi connectivity index (χ0v) is 26.3. The number of anilines is 1. The van der Waals surface area contributed by atoms with Gasteiger partial charge in [-0.2, -0.15) is 0 Å². The lowest BCUT2D eigenvalue weighted by molar-refractivity contribution is -0.154. The molecule has 230 valence electrons. The Hall–Kier alpha value is -3.72. The number of carbonyl (C=O) groups is 2. The van der Waals surface area contributed by atoms with Gasteiger partial charge in [0.25, 0.3) is 5.91 Å². The number of rotatable bonds is 11. The molecule has 43 heavy (non-hydrogen) atoms. The van der Waals surface area contributed by atoms with Crippen LogP contribution in [0.2, 0.25) is 0 Å². The third kappa shape index (κ3) is 7.63. The summed E-state index contributed by atoms with van der Waals surface area (Å²) in [6.45, 7) is 15.9. The van der Waals surface area contributed by atoms with Crippen LogP contribution in [0.1, 0.15) is 71.7 Å². The molecule has 1 N–H and O–H groups in total. The maximum absolute atomic E-state index is 12.9. The first-order valence-electron chi connectivity index (χ1n) is 15.8. The number of hydrogen-bond donors (Lipinski definition) is 1. The Balaban J connectivity index is 1.41. The number of hydrogen-bond acceptors (Lipinski definition) is 7. The maximum Gasteiger partial charge on any atom is 0.306 e. The third-order valence-corrected chi connectivity index (χ3v) is 8.23. The summed E-state index contributed by atoms with van der Waals surface area (Å²) in [6, 6.07) is 8.13. The van der Waals surface area contributed by atoms with Gasteiger partial charge in [0, 0.05) is 38.3 Å². The molecule has 3 aliphatic rings. The molecule has 0 spiro atoms. The summed E-state index contributed by atoms with van der Waals surface area (Å²) in [5.41, 5.74) is 2.17. The average Bonchev–Trinajstić information content (AvgIpc) is 3.60. The number of amides is 1. The van der Waals surface area contributed by atoms with E-state index in [-0.39, 0.29) is 36.8 Å². The van der Waals surface area contributed by atoms with Crippen LogP contribution in [0.15, 0.2) is 29.3 Å². The lowest BCUT2D eigenvalue weighted by Crippen LogP contribution is -2.53. The van der Waals surface area contributed by atoms with Gasteiger partial charge in [0.1, 0.15) is 17.1 Å². The monoisotopic (exact) mass is 586 g/mol. The van der Waals surface area contributed by atoms with Crippen molar-refractivity contribution in [1.82, 2.24) is 19.8 Å². The van der Waals surface area contributed by atoms with Crippen molar-refractivity contribution in [3.8, 4) is 0 Å². The number of nitrogens with zero attached hydrogens (tertiary/aromatic N) is 5. The summed E-state index contributed by atoms with van der Waals surface area (Å²) in [7, 11) is 0. The molecule has 1 fully saturated rings. The van der Waals surface area contributed by atoms with Crippen LogP contribution >= 0.6 is 0 Å². The Morgan fingerprint density at radius 1 is 1.07 bits per heavy atom. The quantitative estimate of drug-likeness (QED) is 0.407. The number of fused-ring (bicyclic) bond motifs is 2. The van der Waals surface area contributed by atoms with E-state index in [9.17, 15) is 9.59 Å². The number of aliphatic imine (C=N–C) groups is 1. The van der Waals surface area contributed by atoms with Crippen molar-refractivity contribution in [1.29, 1.82) is 0 Å². The van der Waals surface area contributed by atoms with Gasteiger partial charge in [-0.05, 0) is 96.5 Å². The second kappa shape index (κ2) is 13.3.